The zero-order valence-corrected chi connectivity index (χ0v) is 9.87. The Morgan fingerprint density at radius 1 is 1.47 bits per heavy atom. The molecular weight excluding hydrogens is 218 g/mol. The van der Waals surface area contributed by atoms with Crippen LogP contribution >= 0.6 is 0 Å². The fourth-order valence-electron chi connectivity index (χ4n) is 2.24. The van der Waals surface area contributed by atoms with Gasteiger partial charge in [0.05, 0.1) is 12.7 Å². The maximum atomic E-state index is 11.2. The van der Waals surface area contributed by atoms with Crippen LogP contribution in [0.3, 0.4) is 0 Å². The Balaban J connectivity index is 2.10. The first kappa shape index (κ1) is 12.1. The van der Waals surface area contributed by atoms with Crippen molar-refractivity contribution in [1.82, 2.24) is 4.90 Å². The van der Waals surface area contributed by atoms with Gasteiger partial charge in [-0.25, -0.2) is 0 Å². The van der Waals surface area contributed by atoms with Crippen LogP contribution < -0.4 is 0 Å². The lowest BCUT2D eigenvalue weighted by atomic mass is 10.1. The number of aliphatic carboxylic acids is 1. The summed E-state index contributed by atoms with van der Waals surface area (Å²) >= 11 is 0. The van der Waals surface area contributed by atoms with Crippen molar-refractivity contribution in [2.45, 2.75) is 25.6 Å². The second kappa shape index (κ2) is 5.29. The predicted octanol–water partition coefficient (Wildman–Crippen LogP) is 1.36. The molecule has 0 radical (unpaired) electrons. The molecule has 1 N–H and O–H groups in total. The van der Waals surface area contributed by atoms with Crippen molar-refractivity contribution >= 4 is 5.97 Å². The van der Waals surface area contributed by atoms with Gasteiger partial charge in [0.2, 0.25) is 0 Å². The molecule has 0 saturated carbocycles. The van der Waals surface area contributed by atoms with E-state index in [2.05, 4.69) is 0 Å². The van der Waals surface area contributed by atoms with Crippen molar-refractivity contribution in [2.24, 2.45) is 0 Å². The van der Waals surface area contributed by atoms with E-state index >= 15 is 0 Å². The van der Waals surface area contributed by atoms with Gasteiger partial charge in [-0.05, 0) is 12.5 Å². The number of nitrogens with zero attached hydrogens (tertiary/aromatic N) is 1. The average Bonchev–Trinajstić information content (AvgIpc) is 2.30. The number of rotatable bonds is 3. The molecule has 1 heterocycles. The first-order valence-electron chi connectivity index (χ1n) is 5.81. The summed E-state index contributed by atoms with van der Waals surface area (Å²) in [5.74, 6) is -0.812. The maximum Gasteiger partial charge on any atom is 0.323 e. The van der Waals surface area contributed by atoms with Gasteiger partial charge in [-0.15, -0.1) is 0 Å². The SMILES string of the molecule is C[C@@H]1OCCN(Cc2ccccc2)[C@H]1C(=O)O. The molecule has 2 rings (SSSR count). The zero-order valence-electron chi connectivity index (χ0n) is 9.87. The smallest absolute Gasteiger partial charge is 0.323 e. The Bertz CT molecular complexity index is 380. The highest BCUT2D eigenvalue weighted by Crippen LogP contribution is 2.17. The van der Waals surface area contributed by atoms with Crippen LogP contribution in [0.1, 0.15) is 12.5 Å². The predicted molar refractivity (Wildman–Crippen MR) is 63.7 cm³/mol. The minimum absolute atomic E-state index is 0.259. The molecule has 1 saturated heterocycles. The third-order valence-corrected chi connectivity index (χ3v) is 3.08. The molecule has 0 bridgehead atoms. The largest absolute Gasteiger partial charge is 0.480 e. The summed E-state index contributed by atoms with van der Waals surface area (Å²) in [6, 6.07) is 9.37. The Morgan fingerprint density at radius 3 is 2.82 bits per heavy atom. The van der Waals surface area contributed by atoms with E-state index in [0.717, 1.165) is 5.56 Å². The highest BCUT2D eigenvalue weighted by atomic mass is 16.5. The monoisotopic (exact) mass is 235 g/mol. The molecule has 0 unspecified atom stereocenters. The highest BCUT2D eigenvalue weighted by Gasteiger charge is 2.34. The molecule has 1 aromatic carbocycles. The number of carbonyl (C=O) groups is 1. The fourth-order valence-corrected chi connectivity index (χ4v) is 2.24. The van der Waals surface area contributed by atoms with Crippen molar-refractivity contribution in [2.75, 3.05) is 13.2 Å². The van der Waals surface area contributed by atoms with E-state index in [9.17, 15) is 9.90 Å². The molecule has 17 heavy (non-hydrogen) atoms. The lowest BCUT2D eigenvalue weighted by Crippen LogP contribution is -2.53. The van der Waals surface area contributed by atoms with Gasteiger partial charge in [-0.1, -0.05) is 30.3 Å². The van der Waals surface area contributed by atoms with Crippen LogP contribution in [0.2, 0.25) is 0 Å². The van der Waals surface area contributed by atoms with Gasteiger partial charge in [0, 0.05) is 13.1 Å². The van der Waals surface area contributed by atoms with E-state index in [1.165, 1.54) is 0 Å². The van der Waals surface area contributed by atoms with Crippen LogP contribution in [0.15, 0.2) is 30.3 Å². The summed E-state index contributed by atoms with van der Waals surface area (Å²) in [6.07, 6.45) is -0.259. The molecule has 1 fully saturated rings. The average molecular weight is 235 g/mol. The third kappa shape index (κ3) is 2.84. The van der Waals surface area contributed by atoms with Crippen molar-refractivity contribution in [3.05, 3.63) is 35.9 Å². The van der Waals surface area contributed by atoms with Crippen LogP contribution in [0, 0.1) is 0 Å². The number of hydrogen-bond acceptors (Lipinski definition) is 3. The van der Waals surface area contributed by atoms with Gasteiger partial charge in [0.15, 0.2) is 0 Å². The number of morpholine rings is 1. The maximum absolute atomic E-state index is 11.2. The highest BCUT2D eigenvalue weighted by molar-refractivity contribution is 5.74. The molecule has 92 valence electrons. The van der Waals surface area contributed by atoms with Crippen LogP contribution in [0.4, 0.5) is 0 Å². The zero-order chi connectivity index (χ0) is 12.3. The molecule has 4 nitrogen and oxygen atoms in total. The van der Waals surface area contributed by atoms with Crippen LogP contribution in [0.25, 0.3) is 0 Å². The molecule has 1 aliphatic heterocycles. The van der Waals surface area contributed by atoms with E-state index in [-0.39, 0.29) is 6.10 Å². The molecule has 1 aliphatic rings. The summed E-state index contributed by atoms with van der Waals surface area (Å²) in [6.45, 7) is 3.73. The van der Waals surface area contributed by atoms with Crippen molar-refractivity contribution in [1.29, 1.82) is 0 Å². The van der Waals surface area contributed by atoms with Gasteiger partial charge in [-0.2, -0.15) is 0 Å². The van der Waals surface area contributed by atoms with Crippen LogP contribution in [0.5, 0.6) is 0 Å². The normalized spacial score (nSPS) is 25.7. The van der Waals surface area contributed by atoms with E-state index in [1.807, 2.05) is 42.2 Å². The summed E-state index contributed by atoms with van der Waals surface area (Å²) in [5.41, 5.74) is 1.13. The first-order valence-corrected chi connectivity index (χ1v) is 5.81. The Labute approximate surface area is 101 Å². The van der Waals surface area contributed by atoms with Gasteiger partial charge in [0.1, 0.15) is 6.04 Å². The summed E-state index contributed by atoms with van der Waals surface area (Å²) in [4.78, 5) is 13.2. The number of carboxylic acid groups (broad SMARTS) is 1. The standard InChI is InChI=1S/C13H17NO3/c1-10-12(13(15)16)14(7-8-17-10)9-11-5-3-2-4-6-11/h2-6,10,12H,7-9H2,1H3,(H,15,16)/t10-,12+/m0/s1. The number of hydrogen-bond donors (Lipinski definition) is 1. The molecule has 4 heteroatoms. The van der Waals surface area contributed by atoms with Crippen molar-refractivity contribution in [3.63, 3.8) is 0 Å². The minimum atomic E-state index is -0.812. The van der Waals surface area contributed by atoms with E-state index in [4.69, 9.17) is 4.74 Å². The topological polar surface area (TPSA) is 49.8 Å². The molecule has 1 aromatic rings. The third-order valence-electron chi connectivity index (χ3n) is 3.08. The van der Waals surface area contributed by atoms with Crippen LogP contribution in [-0.4, -0.2) is 41.3 Å². The Hall–Kier alpha value is -1.39. The van der Waals surface area contributed by atoms with Gasteiger partial charge < -0.3 is 9.84 Å². The Morgan fingerprint density at radius 2 is 2.18 bits per heavy atom. The summed E-state index contributed by atoms with van der Waals surface area (Å²) in [5, 5.41) is 9.24. The minimum Gasteiger partial charge on any atom is -0.480 e. The molecule has 2 atom stereocenters. The van der Waals surface area contributed by atoms with Crippen molar-refractivity contribution in [3.8, 4) is 0 Å². The van der Waals surface area contributed by atoms with Crippen molar-refractivity contribution < 1.29 is 14.6 Å². The number of benzene rings is 1. The number of carboxylic acids is 1. The Kier molecular flexibility index (Phi) is 3.76. The van der Waals surface area contributed by atoms with Gasteiger partial charge in [-0.3, -0.25) is 9.69 Å². The fraction of sp³-hybridized carbons (Fsp3) is 0.462. The molecule has 0 amide bonds. The van der Waals surface area contributed by atoms with E-state index in [1.54, 1.807) is 0 Å². The lowest BCUT2D eigenvalue weighted by Gasteiger charge is -2.37. The molecule has 0 aliphatic carbocycles. The lowest BCUT2D eigenvalue weighted by molar-refractivity contribution is -0.156. The molecular formula is C13H17NO3. The molecule has 0 aromatic heterocycles. The first-order chi connectivity index (χ1) is 8.18. The molecule has 0 spiro atoms. The van der Waals surface area contributed by atoms with E-state index < -0.39 is 12.0 Å². The number of ether oxygens (including phenoxy) is 1. The second-order valence-corrected chi connectivity index (χ2v) is 4.32. The van der Waals surface area contributed by atoms with Crippen LogP contribution in [-0.2, 0) is 16.1 Å². The summed E-state index contributed by atoms with van der Waals surface area (Å²) < 4.78 is 5.40. The quantitative estimate of drug-likeness (QED) is 0.859. The van der Waals surface area contributed by atoms with E-state index in [0.29, 0.717) is 19.7 Å². The second-order valence-electron chi connectivity index (χ2n) is 4.32. The van der Waals surface area contributed by atoms with Gasteiger partial charge in [0.25, 0.3) is 0 Å². The van der Waals surface area contributed by atoms with Gasteiger partial charge >= 0.3 is 5.97 Å². The summed E-state index contributed by atoms with van der Waals surface area (Å²) in [7, 11) is 0.